The Balaban J connectivity index is 3.62. The Labute approximate surface area is 92.6 Å². The van der Waals surface area contributed by atoms with Gasteiger partial charge in [-0.1, -0.05) is 6.92 Å². The smallest absolute Gasteiger partial charge is 0.407 e. The molecule has 0 aliphatic heterocycles. The zero-order valence-corrected chi connectivity index (χ0v) is 10.3. The highest BCUT2D eigenvalue weighted by Crippen LogP contribution is 2.07. The number of nitrogens with two attached hydrogens (primary N) is 1. The van der Waals surface area contributed by atoms with Gasteiger partial charge in [0.05, 0.1) is 0 Å². The lowest BCUT2D eigenvalue weighted by Crippen LogP contribution is -2.34. The fraction of sp³-hybridized carbons (Fsp3) is 0.909. The van der Waals surface area contributed by atoms with Gasteiger partial charge in [0.2, 0.25) is 0 Å². The third-order valence-corrected chi connectivity index (χ3v) is 1.89. The molecule has 0 saturated heterocycles. The van der Waals surface area contributed by atoms with E-state index >= 15 is 0 Å². The van der Waals surface area contributed by atoms with Crippen molar-refractivity contribution in [1.82, 2.24) is 5.32 Å². The van der Waals surface area contributed by atoms with Crippen LogP contribution in [0.3, 0.4) is 0 Å². The van der Waals surface area contributed by atoms with Crippen LogP contribution in [0.15, 0.2) is 0 Å². The van der Waals surface area contributed by atoms with E-state index in [4.69, 9.17) is 10.5 Å². The molecule has 1 atom stereocenters. The summed E-state index contributed by atoms with van der Waals surface area (Å²) in [4.78, 5) is 11.3. The third-order valence-electron chi connectivity index (χ3n) is 1.89. The Bertz CT molecular complexity index is 188. The van der Waals surface area contributed by atoms with Crippen LogP contribution >= 0.6 is 0 Å². The maximum atomic E-state index is 11.3. The van der Waals surface area contributed by atoms with Gasteiger partial charge < -0.3 is 15.8 Å². The monoisotopic (exact) mass is 216 g/mol. The van der Waals surface area contributed by atoms with Crippen molar-refractivity contribution in [1.29, 1.82) is 0 Å². The number of carbonyl (C=O) groups excluding carboxylic acids is 1. The van der Waals surface area contributed by atoms with Gasteiger partial charge in [-0.25, -0.2) is 4.79 Å². The summed E-state index contributed by atoms with van der Waals surface area (Å²) in [5.74, 6) is 0.445. The van der Waals surface area contributed by atoms with Gasteiger partial charge in [-0.15, -0.1) is 0 Å². The molecule has 90 valence electrons. The number of hydrogen-bond donors (Lipinski definition) is 2. The lowest BCUT2D eigenvalue weighted by Gasteiger charge is -2.20. The molecule has 0 fully saturated rings. The SMILES string of the molecule is CC(CCCN)CNC(=O)OC(C)(C)C. The number of rotatable bonds is 5. The van der Waals surface area contributed by atoms with Crippen LogP contribution in [0.2, 0.25) is 0 Å². The lowest BCUT2D eigenvalue weighted by atomic mass is 10.1. The molecular weight excluding hydrogens is 192 g/mol. The van der Waals surface area contributed by atoms with Gasteiger partial charge in [0.15, 0.2) is 0 Å². The molecule has 0 aromatic rings. The zero-order chi connectivity index (χ0) is 11.9. The molecular formula is C11H24N2O2. The molecule has 0 aromatic carbocycles. The summed E-state index contributed by atoms with van der Waals surface area (Å²) >= 11 is 0. The van der Waals surface area contributed by atoms with Gasteiger partial charge in [-0.3, -0.25) is 0 Å². The lowest BCUT2D eigenvalue weighted by molar-refractivity contribution is 0.0519. The van der Waals surface area contributed by atoms with Gasteiger partial charge in [-0.05, 0) is 46.1 Å². The Hall–Kier alpha value is -0.770. The molecule has 0 saturated carbocycles. The normalized spacial score (nSPS) is 13.4. The van der Waals surface area contributed by atoms with E-state index in [1.54, 1.807) is 0 Å². The van der Waals surface area contributed by atoms with E-state index in [1.165, 1.54) is 0 Å². The van der Waals surface area contributed by atoms with Crippen LogP contribution in [0.5, 0.6) is 0 Å². The summed E-state index contributed by atoms with van der Waals surface area (Å²) in [6, 6.07) is 0. The average Bonchev–Trinajstić information content (AvgIpc) is 2.08. The molecule has 0 radical (unpaired) electrons. The van der Waals surface area contributed by atoms with Crippen LogP contribution in [0.4, 0.5) is 4.79 Å². The second-order valence-corrected chi connectivity index (χ2v) is 4.92. The summed E-state index contributed by atoms with van der Waals surface area (Å²) in [5, 5.41) is 2.75. The zero-order valence-electron chi connectivity index (χ0n) is 10.3. The van der Waals surface area contributed by atoms with E-state index < -0.39 is 5.60 Å². The molecule has 1 amide bonds. The Morgan fingerprint density at radius 2 is 2.07 bits per heavy atom. The van der Waals surface area contributed by atoms with Crippen LogP contribution < -0.4 is 11.1 Å². The first-order valence-electron chi connectivity index (χ1n) is 5.52. The number of carbonyl (C=O) groups is 1. The molecule has 0 spiro atoms. The Morgan fingerprint density at radius 1 is 1.47 bits per heavy atom. The van der Waals surface area contributed by atoms with Crippen molar-refractivity contribution in [3.8, 4) is 0 Å². The molecule has 3 N–H and O–H groups in total. The molecule has 0 heterocycles. The number of alkyl carbamates (subject to hydrolysis) is 1. The summed E-state index contributed by atoms with van der Waals surface area (Å²) < 4.78 is 5.12. The molecule has 0 aliphatic carbocycles. The first-order chi connectivity index (χ1) is 6.85. The minimum atomic E-state index is -0.426. The van der Waals surface area contributed by atoms with E-state index in [0.717, 1.165) is 12.8 Å². The van der Waals surface area contributed by atoms with Crippen LogP contribution in [0.1, 0.15) is 40.5 Å². The molecule has 0 aromatic heterocycles. The highest BCUT2D eigenvalue weighted by Gasteiger charge is 2.16. The van der Waals surface area contributed by atoms with Crippen molar-refractivity contribution in [2.24, 2.45) is 11.7 Å². The summed E-state index contributed by atoms with van der Waals surface area (Å²) in [6.45, 7) is 9.00. The molecule has 1 unspecified atom stereocenters. The largest absolute Gasteiger partial charge is 0.444 e. The first kappa shape index (κ1) is 14.2. The molecule has 0 bridgehead atoms. The van der Waals surface area contributed by atoms with Gasteiger partial charge in [0.1, 0.15) is 5.60 Å². The number of hydrogen-bond acceptors (Lipinski definition) is 3. The molecule has 4 nitrogen and oxygen atoms in total. The molecule has 0 aliphatic rings. The Morgan fingerprint density at radius 3 is 2.53 bits per heavy atom. The second-order valence-electron chi connectivity index (χ2n) is 4.92. The maximum Gasteiger partial charge on any atom is 0.407 e. The standard InChI is InChI=1S/C11H24N2O2/c1-9(6-5-7-12)8-13-10(14)15-11(2,3)4/h9H,5-8,12H2,1-4H3,(H,13,14). The van der Waals surface area contributed by atoms with Crippen molar-refractivity contribution >= 4 is 6.09 Å². The van der Waals surface area contributed by atoms with Crippen molar-refractivity contribution in [2.75, 3.05) is 13.1 Å². The van der Waals surface area contributed by atoms with E-state index in [2.05, 4.69) is 12.2 Å². The average molecular weight is 216 g/mol. The van der Waals surface area contributed by atoms with Crippen LogP contribution in [-0.4, -0.2) is 24.8 Å². The fourth-order valence-electron chi connectivity index (χ4n) is 1.14. The Kier molecular flexibility index (Phi) is 6.32. The van der Waals surface area contributed by atoms with Gasteiger partial charge >= 0.3 is 6.09 Å². The fourth-order valence-corrected chi connectivity index (χ4v) is 1.14. The van der Waals surface area contributed by atoms with Crippen molar-refractivity contribution in [3.63, 3.8) is 0 Å². The van der Waals surface area contributed by atoms with Gasteiger partial charge in [0, 0.05) is 6.54 Å². The van der Waals surface area contributed by atoms with Crippen LogP contribution in [-0.2, 0) is 4.74 Å². The predicted molar refractivity (Wildman–Crippen MR) is 61.7 cm³/mol. The minimum Gasteiger partial charge on any atom is -0.444 e. The molecule has 15 heavy (non-hydrogen) atoms. The summed E-state index contributed by atoms with van der Waals surface area (Å²) in [7, 11) is 0. The van der Waals surface area contributed by atoms with E-state index in [9.17, 15) is 4.79 Å². The van der Waals surface area contributed by atoms with E-state index in [1.807, 2.05) is 20.8 Å². The maximum absolute atomic E-state index is 11.3. The van der Waals surface area contributed by atoms with Crippen molar-refractivity contribution < 1.29 is 9.53 Å². The molecule has 0 rings (SSSR count). The highest BCUT2D eigenvalue weighted by atomic mass is 16.6. The third kappa shape index (κ3) is 9.53. The van der Waals surface area contributed by atoms with Crippen LogP contribution in [0, 0.1) is 5.92 Å². The van der Waals surface area contributed by atoms with Gasteiger partial charge in [-0.2, -0.15) is 0 Å². The van der Waals surface area contributed by atoms with E-state index in [0.29, 0.717) is 19.0 Å². The highest BCUT2D eigenvalue weighted by molar-refractivity contribution is 5.67. The number of nitrogens with one attached hydrogen (secondary N) is 1. The number of amides is 1. The number of ether oxygens (including phenoxy) is 1. The second kappa shape index (κ2) is 6.67. The van der Waals surface area contributed by atoms with Gasteiger partial charge in [0.25, 0.3) is 0 Å². The first-order valence-corrected chi connectivity index (χ1v) is 5.52. The topological polar surface area (TPSA) is 64.3 Å². The van der Waals surface area contributed by atoms with Crippen molar-refractivity contribution in [2.45, 2.75) is 46.1 Å². The van der Waals surface area contributed by atoms with E-state index in [-0.39, 0.29) is 6.09 Å². The predicted octanol–water partition coefficient (Wildman–Crippen LogP) is 1.89. The quantitative estimate of drug-likeness (QED) is 0.737. The summed E-state index contributed by atoms with van der Waals surface area (Å²) in [5.41, 5.74) is 4.98. The summed E-state index contributed by atoms with van der Waals surface area (Å²) in [6.07, 6.45) is 1.69. The van der Waals surface area contributed by atoms with Crippen LogP contribution in [0.25, 0.3) is 0 Å². The molecule has 4 heteroatoms. The van der Waals surface area contributed by atoms with Crippen molar-refractivity contribution in [3.05, 3.63) is 0 Å². The minimum absolute atomic E-state index is 0.345.